The SMILES string of the molecule is C=CCNS(=O)(=O)c1cc(C(=O)NNC(=O)c2ccccn2)ccc1Cl. The van der Waals surface area contributed by atoms with Crippen molar-refractivity contribution >= 4 is 33.4 Å². The molecule has 8 nitrogen and oxygen atoms in total. The second-order valence-electron chi connectivity index (χ2n) is 4.91. The Balaban J connectivity index is 2.13. The Morgan fingerprint density at radius 1 is 1.15 bits per heavy atom. The van der Waals surface area contributed by atoms with Gasteiger partial charge in [0.2, 0.25) is 10.0 Å². The fourth-order valence-corrected chi connectivity index (χ4v) is 3.37. The van der Waals surface area contributed by atoms with E-state index >= 15 is 0 Å². The summed E-state index contributed by atoms with van der Waals surface area (Å²) in [5, 5.41) is -0.0457. The molecule has 10 heteroatoms. The highest BCUT2D eigenvalue weighted by molar-refractivity contribution is 7.89. The average Bonchev–Trinajstić information content (AvgIpc) is 2.65. The molecular formula is C16H15ClN4O4S. The van der Waals surface area contributed by atoms with E-state index in [1.807, 2.05) is 0 Å². The molecule has 2 rings (SSSR count). The number of aromatic nitrogens is 1. The van der Waals surface area contributed by atoms with Crippen molar-refractivity contribution in [3.63, 3.8) is 0 Å². The van der Waals surface area contributed by atoms with Crippen molar-refractivity contribution in [1.29, 1.82) is 0 Å². The van der Waals surface area contributed by atoms with Gasteiger partial charge in [0.25, 0.3) is 11.8 Å². The number of hydrazine groups is 1. The van der Waals surface area contributed by atoms with Gasteiger partial charge in [-0.1, -0.05) is 23.7 Å². The Kier molecular flexibility index (Phi) is 6.45. The van der Waals surface area contributed by atoms with Crippen LogP contribution in [0.15, 0.2) is 60.1 Å². The van der Waals surface area contributed by atoms with Crippen molar-refractivity contribution in [3.05, 3.63) is 71.5 Å². The molecule has 0 atom stereocenters. The van der Waals surface area contributed by atoms with Crippen LogP contribution in [0.1, 0.15) is 20.8 Å². The van der Waals surface area contributed by atoms with Gasteiger partial charge >= 0.3 is 0 Å². The normalized spacial score (nSPS) is 10.8. The fourth-order valence-electron chi connectivity index (χ4n) is 1.84. The van der Waals surface area contributed by atoms with Crippen molar-refractivity contribution in [3.8, 4) is 0 Å². The molecule has 0 aliphatic carbocycles. The molecule has 0 saturated carbocycles. The summed E-state index contributed by atoms with van der Waals surface area (Å²) in [5.74, 6) is -1.33. The van der Waals surface area contributed by atoms with Crippen LogP contribution in [0.5, 0.6) is 0 Å². The maximum absolute atomic E-state index is 12.2. The zero-order valence-corrected chi connectivity index (χ0v) is 15.0. The third kappa shape index (κ3) is 4.88. The van der Waals surface area contributed by atoms with E-state index in [0.29, 0.717) is 0 Å². The molecule has 3 N–H and O–H groups in total. The largest absolute Gasteiger partial charge is 0.288 e. The summed E-state index contributed by atoms with van der Waals surface area (Å²) in [4.78, 5) is 27.6. The molecule has 0 spiro atoms. The topological polar surface area (TPSA) is 117 Å². The molecule has 1 heterocycles. The van der Waals surface area contributed by atoms with Crippen LogP contribution < -0.4 is 15.6 Å². The predicted octanol–water partition coefficient (Wildman–Crippen LogP) is 1.27. The Morgan fingerprint density at radius 2 is 1.88 bits per heavy atom. The summed E-state index contributed by atoms with van der Waals surface area (Å²) in [6, 6.07) is 8.45. The first kappa shape index (κ1) is 19.6. The van der Waals surface area contributed by atoms with E-state index in [0.717, 1.165) is 6.07 Å². The van der Waals surface area contributed by atoms with Gasteiger partial charge in [0.05, 0.1) is 5.02 Å². The molecule has 0 aliphatic rings. The van der Waals surface area contributed by atoms with Crippen LogP contribution in [0.2, 0.25) is 5.02 Å². The smallest absolute Gasteiger partial charge is 0.267 e. The highest BCUT2D eigenvalue weighted by Gasteiger charge is 2.20. The van der Waals surface area contributed by atoms with E-state index in [9.17, 15) is 18.0 Å². The molecule has 26 heavy (non-hydrogen) atoms. The molecule has 1 aromatic heterocycles. The Morgan fingerprint density at radius 3 is 2.54 bits per heavy atom. The van der Waals surface area contributed by atoms with Crippen LogP contribution in [0.4, 0.5) is 0 Å². The molecule has 2 amide bonds. The number of amides is 2. The quantitative estimate of drug-likeness (QED) is 0.504. The van der Waals surface area contributed by atoms with Crippen molar-refractivity contribution in [2.24, 2.45) is 0 Å². The van der Waals surface area contributed by atoms with Crippen molar-refractivity contribution < 1.29 is 18.0 Å². The maximum atomic E-state index is 12.2. The first-order valence-electron chi connectivity index (χ1n) is 7.27. The van der Waals surface area contributed by atoms with E-state index in [4.69, 9.17) is 11.6 Å². The highest BCUT2D eigenvalue weighted by atomic mass is 35.5. The van der Waals surface area contributed by atoms with Crippen LogP contribution in [0.3, 0.4) is 0 Å². The fraction of sp³-hybridized carbons (Fsp3) is 0.0625. The van der Waals surface area contributed by atoms with E-state index in [2.05, 4.69) is 27.1 Å². The number of benzene rings is 1. The molecular weight excluding hydrogens is 380 g/mol. The standard InChI is InChI=1S/C16H15ClN4O4S/c1-2-8-19-26(24,25)14-10-11(6-7-12(14)17)15(22)20-21-16(23)13-5-3-4-9-18-13/h2-7,9-10,19H,1,8H2,(H,20,22)(H,21,23). The number of halogens is 1. The lowest BCUT2D eigenvalue weighted by Gasteiger charge is -2.10. The number of nitrogens with one attached hydrogen (secondary N) is 3. The molecule has 0 fully saturated rings. The van der Waals surface area contributed by atoms with Crippen molar-refractivity contribution in [1.82, 2.24) is 20.6 Å². The summed E-state index contributed by atoms with van der Waals surface area (Å²) < 4.78 is 26.6. The van der Waals surface area contributed by atoms with E-state index in [-0.39, 0.29) is 27.7 Å². The first-order valence-corrected chi connectivity index (χ1v) is 9.13. The molecule has 0 aliphatic heterocycles. The number of carbonyl (C=O) groups excluding carboxylic acids is 2. The van der Waals surface area contributed by atoms with Crippen LogP contribution in [0, 0.1) is 0 Å². The predicted molar refractivity (Wildman–Crippen MR) is 96.0 cm³/mol. The van der Waals surface area contributed by atoms with Crippen LogP contribution >= 0.6 is 11.6 Å². The van der Waals surface area contributed by atoms with Gasteiger partial charge in [-0.2, -0.15) is 0 Å². The number of nitrogens with zero attached hydrogens (tertiary/aromatic N) is 1. The van der Waals surface area contributed by atoms with E-state index in [1.54, 1.807) is 12.1 Å². The van der Waals surface area contributed by atoms with Crippen molar-refractivity contribution in [2.75, 3.05) is 6.54 Å². The lowest BCUT2D eigenvalue weighted by Crippen LogP contribution is -2.42. The van der Waals surface area contributed by atoms with Crippen LogP contribution in [-0.2, 0) is 10.0 Å². The minimum Gasteiger partial charge on any atom is -0.267 e. The van der Waals surface area contributed by atoms with Crippen LogP contribution in [-0.4, -0.2) is 31.8 Å². The van der Waals surface area contributed by atoms with E-state index in [1.165, 1.54) is 30.5 Å². The Bertz CT molecular complexity index is 933. The lowest BCUT2D eigenvalue weighted by atomic mass is 10.2. The van der Waals surface area contributed by atoms with Gasteiger partial charge in [-0.05, 0) is 30.3 Å². The van der Waals surface area contributed by atoms with Gasteiger partial charge in [-0.3, -0.25) is 25.4 Å². The number of rotatable bonds is 6. The molecule has 1 aromatic carbocycles. The molecule has 0 saturated heterocycles. The van der Waals surface area contributed by atoms with Gasteiger partial charge in [-0.15, -0.1) is 6.58 Å². The van der Waals surface area contributed by atoms with Gasteiger partial charge in [0.1, 0.15) is 10.6 Å². The minimum absolute atomic E-state index is 0.00491. The third-order valence-electron chi connectivity index (χ3n) is 3.09. The maximum Gasteiger partial charge on any atom is 0.288 e. The van der Waals surface area contributed by atoms with Gasteiger partial charge in [-0.25, -0.2) is 13.1 Å². The number of hydrogen-bond acceptors (Lipinski definition) is 5. The summed E-state index contributed by atoms with van der Waals surface area (Å²) in [6.45, 7) is 3.43. The van der Waals surface area contributed by atoms with Crippen molar-refractivity contribution in [2.45, 2.75) is 4.90 Å². The first-order chi connectivity index (χ1) is 12.3. The highest BCUT2D eigenvalue weighted by Crippen LogP contribution is 2.22. The average molecular weight is 395 g/mol. The summed E-state index contributed by atoms with van der Waals surface area (Å²) in [7, 11) is -3.91. The number of carbonyl (C=O) groups is 2. The monoisotopic (exact) mass is 394 g/mol. The summed E-state index contributed by atoms with van der Waals surface area (Å²) in [5.41, 5.74) is 4.48. The van der Waals surface area contributed by atoms with Gasteiger partial charge in [0.15, 0.2) is 0 Å². The Hall–Kier alpha value is -2.75. The molecule has 0 radical (unpaired) electrons. The number of hydrogen-bond donors (Lipinski definition) is 3. The number of pyridine rings is 1. The lowest BCUT2D eigenvalue weighted by molar-refractivity contribution is 0.0844. The molecule has 0 bridgehead atoms. The zero-order valence-electron chi connectivity index (χ0n) is 13.4. The number of sulfonamides is 1. The molecule has 136 valence electrons. The minimum atomic E-state index is -3.91. The second kappa shape index (κ2) is 8.56. The third-order valence-corrected chi connectivity index (χ3v) is 4.99. The summed E-state index contributed by atoms with van der Waals surface area (Å²) >= 11 is 5.92. The molecule has 2 aromatic rings. The van der Waals surface area contributed by atoms with E-state index < -0.39 is 21.8 Å². The Labute approximate surface area is 155 Å². The van der Waals surface area contributed by atoms with Gasteiger partial charge in [0, 0.05) is 18.3 Å². The van der Waals surface area contributed by atoms with Gasteiger partial charge < -0.3 is 0 Å². The van der Waals surface area contributed by atoms with Crippen LogP contribution in [0.25, 0.3) is 0 Å². The summed E-state index contributed by atoms with van der Waals surface area (Å²) in [6.07, 6.45) is 2.80. The molecule has 0 unspecified atom stereocenters. The zero-order chi connectivity index (χ0) is 19.2. The second-order valence-corrected chi connectivity index (χ2v) is 7.05.